The molecule has 5 rings (SSSR count). The molecule has 1 heterocycles. The van der Waals surface area contributed by atoms with Crippen LogP contribution in [0.25, 0.3) is 0 Å². The van der Waals surface area contributed by atoms with Crippen molar-refractivity contribution < 1.29 is 18.7 Å². The minimum Gasteiger partial charge on any atom is -0.321 e. The second kappa shape index (κ2) is 10.4. The fourth-order valence-corrected chi connectivity index (χ4v) is 5.87. The van der Waals surface area contributed by atoms with E-state index in [1.165, 1.54) is 29.2 Å². The van der Waals surface area contributed by atoms with Crippen LogP contribution in [0.5, 0.6) is 0 Å². The summed E-state index contributed by atoms with van der Waals surface area (Å²) < 4.78 is 13.6. The lowest BCUT2D eigenvalue weighted by Gasteiger charge is -2.24. The van der Waals surface area contributed by atoms with Crippen LogP contribution in [-0.2, 0) is 17.3 Å². The molecule has 0 radical (unpaired) electrons. The average Bonchev–Trinajstić information content (AvgIpc) is 2.99. The molecule has 0 aliphatic carbocycles. The number of nitrogens with zero attached hydrogens (tertiary/aromatic N) is 2. The zero-order valence-corrected chi connectivity index (χ0v) is 21.7. The molecule has 4 aromatic carbocycles. The van der Waals surface area contributed by atoms with Gasteiger partial charge in [0.2, 0.25) is 0 Å². The maximum Gasteiger partial charge on any atom is 0.271 e. The smallest absolute Gasteiger partial charge is 0.271 e. The van der Waals surface area contributed by atoms with E-state index in [-0.39, 0.29) is 34.4 Å². The normalized spacial score (nSPS) is 14.3. The topological polar surface area (TPSA) is 110 Å². The molecule has 0 saturated carbocycles. The number of anilines is 2. The zero-order chi connectivity index (χ0) is 27.0. The molecular weight excluding hydrogens is 549 g/mol. The Morgan fingerprint density at radius 2 is 1.74 bits per heavy atom. The van der Waals surface area contributed by atoms with Crippen molar-refractivity contribution in [3.05, 3.63) is 122 Å². The first-order chi connectivity index (χ1) is 18.2. The monoisotopic (exact) mass is 565 g/mol. The van der Waals surface area contributed by atoms with Crippen LogP contribution in [0.15, 0.2) is 94.7 Å². The predicted molar refractivity (Wildman–Crippen MR) is 146 cm³/mol. The molecule has 190 valence electrons. The SMILES string of the molecule is O=C(Nc1ccc([N+](=O)[O-])cc1Cl)c1ccc2c(c1)N(Cc1cccc(Cl)c1)C(=O)c1ccccc1S2=O. The third-order valence-electron chi connectivity index (χ3n) is 5.92. The number of hydrogen-bond donors (Lipinski definition) is 1. The fraction of sp³-hybridized carbons (Fsp3) is 0.0370. The summed E-state index contributed by atoms with van der Waals surface area (Å²) in [6, 6.07) is 22.0. The lowest BCUT2D eigenvalue weighted by atomic mass is 10.1. The number of non-ortho nitro benzene ring substituents is 1. The number of amides is 2. The number of fused-ring (bicyclic) bond motifs is 2. The van der Waals surface area contributed by atoms with E-state index >= 15 is 0 Å². The van der Waals surface area contributed by atoms with Crippen LogP contribution in [0.3, 0.4) is 0 Å². The number of carbonyl (C=O) groups excluding carboxylic acids is 2. The summed E-state index contributed by atoms with van der Waals surface area (Å²) in [4.78, 5) is 39.5. The van der Waals surface area contributed by atoms with Crippen LogP contribution >= 0.6 is 23.2 Å². The van der Waals surface area contributed by atoms with Gasteiger partial charge in [-0.3, -0.25) is 19.7 Å². The van der Waals surface area contributed by atoms with Gasteiger partial charge in [-0.1, -0.05) is 47.5 Å². The third kappa shape index (κ3) is 4.91. The van der Waals surface area contributed by atoms with Crippen LogP contribution in [0, 0.1) is 10.1 Å². The lowest BCUT2D eigenvalue weighted by Crippen LogP contribution is -2.30. The van der Waals surface area contributed by atoms with Gasteiger partial charge < -0.3 is 10.2 Å². The van der Waals surface area contributed by atoms with Crippen LogP contribution < -0.4 is 10.2 Å². The summed E-state index contributed by atoms with van der Waals surface area (Å²) in [5.41, 5.74) is 1.49. The number of nitro benzene ring substituents is 1. The molecule has 2 amide bonds. The van der Waals surface area contributed by atoms with E-state index < -0.39 is 21.6 Å². The van der Waals surface area contributed by atoms with Crippen molar-refractivity contribution in [2.45, 2.75) is 16.3 Å². The van der Waals surface area contributed by atoms with Crippen molar-refractivity contribution in [1.82, 2.24) is 0 Å². The summed E-state index contributed by atoms with van der Waals surface area (Å²) in [6.45, 7) is 0.122. The predicted octanol–water partition coefficient (Wildman–Crippen LogP) is 6.48. The number of rotatable bonds is 5. The highest BCUT2D eigenvalue weighted by molar-refractivity contribution is 7.85. The highest BCUT2D eigenvalue weighted by Crippen LogP contribution is 2.36. The molecule has 38 heavy (non-hydrogen) atoms. The first-order valence-electron chi connectivity index (χ1n) is 11.2. The standard InChI is InChI=1S/C27H17Cl2N3O5S/c28-18-5-3-4-16(12-18)15-31-23-13-17(26(33)30-22-10-9-19(32(35)36)14-21(22)29)8-11-25(23)38(37)24-7-2-1-6-20(24)27(31)34/h1-14H,15H2,(H,30,33). The number of benzene rings is 4. The van der Waals surface area contributed by atoms with Crippen molar-refractivity contribution in [1.29, 1.82) is 0 Å². The van der Waals surface area contributed by atoms with E-state index in [1.54, 1.807) is 48.5 Å². The second-order valence-corrected chi connectivity index (χ2v) is 10.6. The van der Waals surface area contributed by atoms with Gasteiger partial charge in [0.15, 0.2) is 0 Å². The minimum atomic E-state index is -1.69. The van der Waals surface area contributed by atoms with Gasteiger partial charge in [-0.25, -0.2) is 4.21 Å². The van der Waals surface area contributed by atoms with Gasteiger partial charge in [0, 0.05) is 22.7 Å². The minimum absolute atomic E-state index is 0.00313. The van der Waals surface area contributed by atoms with Crippen molar-refractivity contribution in [3.8, 4) is 0 Å². The largest absolute Gasteiger partial charge is 0.321 e. The molecule has 4 aromatic rings. The number of hydrogen-bond acceptors (Lipinski definition) is 5. The molecule has 1 aliphatic heterocycles. The molecule has 11 heteroatoms. The van der Waals surface area contributed by atoms with Gasteiger partial charge >= 0.3 is 0 Å². The first-order valence-corrected chi connectivity index (χ1v) is 13.1. The molecule has 0 aromatic heterocycles. The molecule has 1 aliphatic rings. The lowest BCUT2D eigenvalue weighted by molar-refractivity contribution is -0.384. The van der Waals surface area contributed by atoms with Gasteiger partial charge in [0.25, 0.3) is 17.5 Å². The number of nitrogens with one attached hydrogen (secondary N) is 1. The van der Waals surface area contributed by atoms with Crippen molar-refractivity contribution in [3.63, 3.8) is 0 Å². The van der Waals surface area contributed by atoms with E-state index in [0.29, 0.717) is 26.1 Å². The van der Waals surface area contributed by atoms with Gasteiger partial charge in [-0.05, 0) is 54.1 Å². The van der Waals surface area contributed by atoms with Crippen LogP contribution in [0.1, 0.15) is 26.3 Å². The first kappa shape index (κ1) is 25.6. The van der Waals surface area contributed by atoms with Gasteiger partial charge in [0.1, 0.15) is 0 Å². The maximum absolute atomic E-state index is 13.7. The summed E-state index contributed by atoms with van der Waals surface area (Å²) in [6.07, 6.45) is 0. The fourth-order valence-electron chi connectivity index (χ4n) is 4.09. The van der Waals surface area contributed by atoms with E-state index in [4.69, 9.17) is 23.2 Å². The molecule has 1 atom stereocenters. The Morgan fingerprint density at radius 1 is 0.947 bits per heavy atom. The van der Waals surface area contributed by atoms with Crippen molar-refractivity contribution in [2.75, 3.05) is 10.2 Å². The number of halogens is 2. The molecule has 0 bridgehead atoms. The Balaban J connectivity index is 1.56. The highest BCUT2D eigenvalue weighted by atomic mass is 35.5. The Kier molecular flexibility index (Phi) is 6.98. The molecule has 0 fully saturated rings. The Labute approximate surface area is 229 Å². The summed E-state index contributed by atoms with van der Waals surface area (Å²) in [5.74, 6) is -0.935. The Morgan fingerprint density at radius 3 is 2.47 bits per heavy atom. The number of carbonyl (C=O) groups is 2. The Bertz CT molecular complexity index is 1660. The van der Waals surface area contributed by atoms with Crippen LogP contribution in [-0.4, -0.2) is 20.9 Å². The Hall–Kier alpha value is -4.05. The molecule has 8 nitrogen and oxygen atoms in total. The summed E-state index contributed by atoms with van der Waals surface area (Å²) >= 11 is 12.3. The van der Waals surface area contributed by atoms with Crippen molar-refractivity contribution >= 4 is 62.9 Å². The highest BCUT2D eigenvalue weighted by Gasteiger charge is 2.31. The summed E-state index contributed by atoms with van der Waals surface area (Å²) in [7, 11) is -1.69. The molecule has 0 spiro atoms. The zero-order valence-electron chi connectivity index (χ0n) is 19.4. The van der Waals surface area contributed by atoms with Crippen LogP contribution in [0.4, 0.5) is 17.1 Å². The quantitative estimate of drug-likeness (QED) is 0.220. The van der Waals surface area contributed by atoms with E-state index in [1.807, 2.05) is 6.07 Å². The van der Waals surface area contributed by atoms with Crippen molar-refractivity contribution in [2.24, 2.45) is 0 Å². The second-order valence-electron chi connectivity index (χ2n) is 8.34. The van der Waals surface area contributed by atoms with E-state index in [9.17, 15) is 23.9 Å². The maximum atomic E-state index is 13.7. The number of nitro groups is 1. The molecule has 1 unspecified atom stereocenters. The van der Waals surface area contributed by atoms with E-state index in [0.717, 1.165) is 11.6 Å². The van der Waals surface area contributed by atoms with E-state index in [2.05, 4.69) is 5.32 Å². The van der Waals surface area contributed by atoms with Gasteiger partial charge in [-0.2, -0.15) is 0 Å². The molecular formula is C27H17Cl2N3O5S. The third-order valence-corrected chi connectivity index (χ3v) is 7.96. The average molecular weight is 566 g/mol. The van der Waals surface area contributed by atoms with Gasteiger partial charge in [0.05, 0.1) is 54.0 Å². The molecule has 0 saturated heterocycles. The van der Waals surface area contributed by atoms with Crippen LogP contribution in [0.2, 0.25) is 10.0 Å². The molecule has 1 N–H and O–H groups in total. The van der Waals surface area contributed by atoms with Gasteiger partial charge in [-0.15, -0.1) is 0 Å². The summed E-state index contributed by atoms with van der Waals surface area (Å²) in [5, 5.41) is 14.1.